The van der Waals surface area contributed by atoms with Crippen LogP contribution in [0.5, 0.6) is 0 Å². The van der Waals surface area contributed by atoms with E-state index in [0.717, 1.165) is 30.9 Å². The first-order valence-corrected chi connectivity index (χ1v) is 8.43. The summed E-state index contributed by atoms with van der Waals surface area (Å²) in [4.78, 5) is 14.6. The van der Waals surface area contributed by atoms with Gasteiger partial charge in [-0.25, -0.2) is 0 Å². The molecule has 1 aromatic carbocycles. The molecule has 116 valence electrons. The number of anilines is 1. The van der Waals surface area contributed by atoms with Gasteiger partial charge in [-0.1, -0.05) is 42.5 Å². The Bertz CT molecular complexity index is 670. The molecular formula is C16H20N4OS. The average Bonchev–Trinajstić information content (AvgIpc) is 3.01. The van der Waals surface area contributed by atoms with Gasteiger partial charge in [0.1, 0.15) is 5.01 Å². The molecule has 0 saturated carbocycles. The van der Waals surface area contributed by atoms with Gasteiger partial charge in [0.05, 0.1) is 6.04 Å². The molecule has 1 amide bonds. The van der Waals surface area contributed by atoms with Crippen LogP contribution in [0.2, 0.25) is 0 Å². The normalized spacial score (nSPS) is 16.1. The van der Waals surface area contributed by atoms with E-state index in [0.29, 0.717) is 5.13 Å². The lowest BCUT2D eigenvalue weighted by atomic mass is 9.99. The third kappa shape index (κ3) is 3.18. The molecule has 0 unspecified atom stereocenters. The van der Waals surface area contributed by atoms with Gasteiger partial charge >= 0.3 is 0 Å². The monoisotopic (exact) mass is 316 g/mol. The summed E-state index contributed by atoms with van der Waals surface area (Å²) in [7, 11) is 0. The lowest BCUT2D eigenvalue weighted by Gasteiger charge is -2.32. The Morgan fingerprint density at radius 2 is 2.14 bits per heavy atom. The van der Waals surface area contributed by atoms with Gasteiger partial charge in [0.25, 0.3) is 0 Å². The highest BCUT2D eigenvalue weighted by Gasteiger charge is 2.25. The van der Waals surface area contributed by atoms with Gasteiger partial charge in [-0.2, -0.15) is 0 Å². The highest BCUT2D eigenvalue weighted by molar-refractivity contribution is 7.15. The van der Waals surface area contributed by atoms with E-state index in [2.05, 4.69) is 44.7 Å². The number of rotatable bonds is 4. The van der Waals surface area contributed by atoms with Crippen molar-refractivity contribution < 1.29 is 4.79 Å². The van der Waals surface area contributed by atoms with Crippen molar-refractivity contribution in [2.24, 2.45) is 0 Å². The molecule has 6 heteroatoms. The van der Waals surface area contributed by atoms with E-state index in [1.165, 1.54) is 22.5 Å². The number of fused-ring (bicyclic) bond motifs is 1. The highest BCUT2D eigenvalue weighted by atomic mass is 32.1. The standard InChI is InChI=1S/C16H20N4OS/c1-3-14-18-19-16(22-14)17-15(21)11(2)20-9-8-12-6-4-5-7-13(12)10-20/h4-7,11H,3,8-10H2,1-2H3,(H,17,19,21)/t11-/m0/s1. The lowest BCUT2D eigenvalue weighted by molar-refractivity contribution is -0.121. The number of carbonyl (C=O) groups excluding carboxylic acids is 1. The van der Waals surface area contributed by atoms with E-state index in [4.69, 9.17) is 0 Å². The summed E-state index contributed by atoms with van der Waals surface area (Å²) in [6.45, 7) is 5.70. The van der Waals surface area contributed by atoms with Crippen LogP contribution in [-0.4, -0.2) is 33.6 Å². The van der Waals surface area contributed by atoms with Crippen molar-refractivity contribution >= 4 is 22.4 Å². The SMILES string of the molecule is CCc1nnc(NC(=O)[C@H](C)N2CCc3ccccc3C2)s1. The predicted molar refractivity (Wildman–Crippen MR) is 87.9 cm³/mol. The van der Waals surface area contributed by atoms with Gasteiger partial charge in [0, 0.05) is 13.1 Å². The van der Waals surface area contributed by atoms with E-state index in [1.54, 1.807) is 0 Å². The maximum Gasteiger partial charge on any atom is 0.243 e. The summed E-state index contributed by atoms with van der Waals surface area (Å²) in [6, 6.07) is 8.27. The molecule has 0 aliphatic carbocycles. The Labute approximate surface area is 134 Å². The van der Waals surface area contributed by atoms with Gasteiger partial charge in [-0.05, 0) is 30.9 Å². The molecule has 22 heavy (non-hydrogen) atoms. The van der Waals surface area contributed by atoms with Crippen LogP contribution < -0.4 is 5.32 Å². The molecule has 1 aromatic heterocycles. The van der Waals surface area contributed by atoms with Crippen LogP contribution in [0.25, 0.3) is 0 Å². The Kier molecular flexibility index (Phi) is 4.49. The van der Waals surface area contributed by atoms with E-state index in [9.17, 15) is 4.79 Å². The minimum Gasteiger partial charge on any atom is -0.299 e. The van der Waals surface area contributed by atoms with Crippen molar-refractivity contribution in [3.05, 3.63) is 40.4 Å². The van der Waals surface area contributed by atoms with Crippen LogP contribution in [-0.2, 0) is 24.2 Å². The first-order valence-electron chi connectivity index (χ1n) is 7.61. The second-order valence-corrected chi connectivity index (χ2v) is 6.57. The Morgan fingerprint density at radius 1 is 1.36 bits per heavy atom. The molecule has 2 aromatic rings. The van der Waals surface area contributed by atoms with Crippen LogP contribution in [0.3, 0.4) is 0 Å². The van der Waals surface area contributed by atoms with Crippen molar-refractivity contribution in [3.63, 3.8) is 0 Å². The fraction of sp³-hybridized carbons (Fsp3) is 0.438. The first-order chi connectivity index (χ1) is 10.7. The molecule has 2 heterocycles. The average molecular weight is 316 g/mol. The summed E-state index contributed by atoms with van der Waals surface area (Å²) < 4.78 is 0. The topological polar surface area (TPSA) is 58.1 Å². The fourth-order valence-corrected chi connectivity index (χ4v) is 3.35. The summed E-state index contributed by atoms with van der Waals surface area (Å²) >= 11 is 1.44. The molecule has 5 nitrogen and oxygen atoms in total. The molecule has 0 fully saturated rings. The number of nitrogens with one attached hydrogen (secondary N) is 1. The summed E-state index contributed by atoms with van der Waals surface area (Å²) in [5.74, 6) is -0.0156. The molecular weight excluding hydrogens is 296 g/mol. The molecule has 0 bridgehead atoms. The van der Waals surface area contributed by atoms with Gasteiger partial charge in [-0.3, -0.25) is 15.0 Å². The van der Waals surface area contributed by atoms with Crippen LogP contribution in [0.15, 0.2) is 24.3 Å². The number of hydrogen-bond acceptors (Lipinski definition) is 5. The molecule has 1 aliphatic heterocycles. The summed E-state index contributed by atoms with van der Waals surface area (Å²) in [6.07, 6.45) is 1.83. The minimum absolute atomic E-state index is 0.0156. The number of carbonyl (C=O) groups is 1. The second-order valence-electron chi connectivity index (χ2n) is 5.51. The Balaban J connectivity index is 1.64. The zero-order valence-corrected chi connectivity index (χ0v) is 13.7. The number of hydrogen-bond donors (Lipinski definition) is 1. The number of aromatic nitrogens is 2. The van der Waals surface area contributed by atoms with Crippen molar-refractivity contribution in [1.82, 2.24) is 15.1 Å². The van der Waals surface area contributed by atoms with Crippen molar-refractivity contribution in [2.45, 2.75) is 39.3 Å². The largest absolute Gasteiger partial charge is 0.299 e. The van der Waals surface area contributed by atoms with Gasteiger partial charge in [0.2, 0.25) is 11.0 Å². The maximum absolute atomic E-state index is 12.4. The molecule has 1 atom stereocenters. The molecule has 0 spiro atoms. The van der Waals surface area contributed by atoms with E-state index < -0.39 is 0 Å². The lowest BCUT2D eigenvalue weighted by Crippen LogP contribution is -2.44. The summed E-state index contributed by atoms with van der Waals surface area (Å²) in [5, 5.41) is 12.4. The van der Waals surface area contributed by atoms with E-state index in [1.807, 2.05) is 13.8 Å². The van der Waals surface area contributed by atoms with Crippen LogP contribution >= 0.6 is 11.3 Å². The van der Waals surface area contributed by atoms with E-state index >= 15 is 0 Å². The zero-order chi connectivity index (χ0) is 15.5. The first kappa shape index (κ1) is 15.1. The smallest absolute Gasteiger partial charge is 0.243 e. The van der Waals surface area contributed by atoms with Gasteiger partial charge in [0.15, 0.2) is 0 Å². The van der Waals surface area contributed by atoms with Crippen LogP contribution in [0.1, 0.15) is 30.0 Å². The number of nitrogens with zero attached hydrogens (tertiary/aromatic N) is 3. The summed E-state index contributed by atoms with van der Waals surface area (Å²) in [5.41, 5.74) is 2.71. The fourth-order valence-electron chi connectivity index (χ4n) is 2.67. The van der Waals surface area contributed by atoms with Crippen LogP contribution in [0.4, 0.5) is 5.13 Å². The minimum atomic E-state index is -0.178. The second kappa shape index (κ2) is 6.54. The number of amides is 1. The maximum atomic E-state index is 12.4. The Morgan fingerprint density at radius 3 is 2.86 bits per heavy atom. The Hall–Kier alpha value is -1.79. The molecule has 0 saturated heterocycles. The third-order valence-corrected chi connectivity index (χ3v) is 5.07. The van der Waals surface area contributed by atoms with Crippen molar-refractivity contribution in [1.29, 1.82) is 0 Å². The molecule has 1 aliphatic rings. The molecule has 0 radical (unpaired) electrons. The van der Waals surface area contributed by atoms with Crippen molar-refractivity contribution in [2.75, 3.05) is 11.9 Å². The van der Waals surface area contributed by atoms with E-state index in [-0.39, 0.29) is 11.9 Å². The van der Waals surface area contributed by atoms with Crippen LogP contribution in [0, 0.1) is 0 Å². The molecule has 1 N–H and O–H groups in total. The number of benzene rings is 1. The number of aryl methyl sites for hydroxylation is 1. The highest BCUT2D eigenvalue weighted by Crippen LogP contribution is 2.21. The zero-order valence-electron chi connectivity index (χ0n) is 12.9. The quantitative estimate of drug-likeness (QED) is 0.941. The van der Waals surface area contributed by atoms with Gasteiger partial charge < -0.3 is 0 Å². The third-order valence-electron chi connectivity index (χ3n) is 4.09. The predicted octanol–water partition coefficient (Wildman–Crippen LogP) is 2.49. The van der Waals surface area contributed by atoms with Gasteiger partial charge in [-0.15, -0.1) is 10.2 Å². The van der Waals surface area contributed by atoms with Crippen molar-refractivity contribution in [3.8, 4) is 0 Å². The molecule has 3 rings (SSSR count).